The zero-order valence-corrected chi connectivity index (χ0v) is 15.3. The summed E-state index contributed by atoms with van der Waals surface area (Å²) in [5.41, 5.74) is 2.69. The van der Waals surface area contributed by atoms with E-state index in [0.29, 0.717) is 34.6 Å². The lowest BCUT2D eigenvalue weighted by Gasteiger charge is -2.13. The second-order valence-corrected chi connectivity index (χ2v) is 6.28. The average Bonchev–Trinajstić information content (AvgIpc) is 2.97. The molecule has 0 saturated carbocycles. The van der Waals surface area contributed by atoms with Crippen LogP contribution >= 0.6 is 0 Å². The molecule has 0 N–H and O–H groups in total. The van der Waals surface area contributed by atoms with E-state index in [1.54, 1.807) is 18.2 Å². The minimum absolute atomic E-state index is 0.233. The zero-order valence-electron chi connectivity index (χ0n) is 15.3. The summed E-state index contributed by atoms with van der Waals surface area (Å²) in [6.07, 6.45) is 1.23. The van der Waals surface area contributed by atoms with E-state index in [1.165, 1.54) is 13.0 Å². The van der Waals surface area contributed by atoms with Crippen molar-refractivity contribution in [1.29, 1.82) is 0 Å². The Hall–Kier alpha value is -3.27. The monoisotopic (exact) mass is 360 g/mol. The van der Waals surface area contributed by atoms with E-state index in [2.05, 4.69) is 6.58 Å². The van der Waals surface area contributed by atoms with Crippen LogP contribution < -0.4 is 0 Å². The lowest BCUT2D eigenvalue weighted by atomic mass is 9.95. The number of rotatable bonds is 6. The van der Waals surface area contributed by atoms with Gasteiger partial charge in [-0.15, -0.1) is 0 Å². The molecule has 0 aromatic heterocycles. The molecule has 0 amide bonds. The van der Waals surface area contributed by atoms with Gasteiger partial charge in [0.15, 0.2) is 11.6 Å². The highest BCUT2D eigenvalue weighted by Crippen LogP contribution is 2.43. The molecule has 1 aliphatic carbocycles. The molecule has 2 aromatic carbocycles. The first-order valence-electron chi connectivity index (χ1n) is 8.77. The Morgan fingerprint density at radius 2 is 1.81 bits per heavy atom. The summed E-state index contributed by atoms with van der Waals surface area (Å²) in [5, 5.41) is 0. The summed E-state index contributed by atoms with van der Waals surface area (Å²) in [5.74, 6) is -1.22. The van der Waals surface area contributed by atoms with Gasteiger partial charge in [-0.3, -0.25) is 14.4 Å². The van der Waals surface area contributed by atoms with Crippen LogP contribution in [0.2, 0.25) is 0 Å². The largest absolute Gasteiger partial charge is 0.492 e. The summed E-state index contributed by atoms with van der Waals surface area (Å²) < 4.78 is 5.84. The molecule has 27 heavy (non-hydrogen) atoms. The second kappa shape index (κ2) is 7.54. The van der Waals surface area contributed by atoms with Crippen molar-refractivity contribution >= 4 is 28.7 Å². The predicted molar refractivity (Wildman–Crippen MR) is 104 cm³/mol. The third kappa shape index (κ3) is 3.26. The van der Waals surface area contributed by atoms with Gasteiger partial charge in [0.25, 0.3) is 0 Å². The number of benzene rings is 2. The van der Waals surface area contributed by atoms with Crippen molar-refractivity contribution < 1.29 is 19.1 Å². The molecular weight excluding hydrogens is 340 g/mol. The van der Waals surface area contributed by atoms with Gasteiger partial charge in [0.2, 0.25) is 0 Å². The number of hydrogen-bond donors (Lipinski definition) is 0. The van der Waals surface area contributed by atoms with Crippen molar-refractivity contribution in [3.63, 3.8) is 0 Å². The fourth-order valence-corrected chi connectivity index (χ4v) is 3.39. The third-order valence-electron chi connectivity index (χ3n) is 4.57. The SMILES string of the molecule is C=CC(=O)c1ccc2c(c1)/C(=C(/OCC)c1ccccc1)C(=O)C2C(C)=O. The van der Waals surface area contributed by atoms with Gasteiger partial charge in [-0.2, -0.15) is 0 Å². The number of fused-ring (bicyclic) bond motifs is 1. The Labute approximate surface area is 158 Å². The molecule has 0 aliphatic heterocycles. The van der Waals surface area contributed by atoms with Crippen LogP contribution in [-0.4, -0.2) is 24.0 Å². The van der Waals surface area contributed by atoms with Crippen LogP contribution in [0.5, 0.6) is 0 Å². The molecule has 4 heteroatoms. The van der Waals surface area contributed by atoms with Gasteiger partial charge in [-0.25, -0.2) is 0 Å². The van der Waals surface area contributed by atoms with Crippen LogP contribution in [-0.2, 0) is 14.3 Å². The molecular formula is C23H20O4. The van der Waals surface area contributed by atoms with E-state index >= 15 is 0 Å². The Morgan fingerprint density at radius 1 is 1.11 bits per heavy atom. The highest BCUT2D eigenvalue weighted by molar-refractivity contribution is 6.38. The lowest BCUT2D eigenvalue weighted by Crippen LogP contribution is -2.15. The van der Waals surface area contributed by atoms with Gasteiger partial charge in [-0.1, -0.05) is 49.0 Å². The summed E-state index contributed by atoms with van der Waals surface area (Å²) >= 11 is 0. The van der Waals surface area contributed by atoms with Crippen LogP contribution in [0.4, 0.5) is 0 Å². The molecule has 0 saturated heterocycles. The van der Waals surface area contributed by atoms with E-state index < -0.39 is 5.92 Å². The van der Waals surface area contributed by atoms with E-state index in [4.69, 9.17) is 4.74 Å². The van der Waals surface area contributed by atoms with Crippen molar-refractivity contribution in [3.05, 3.63) is 83.4 Å². The van der Waals surface area contributed by atoms with Gasteiger partial charge >= 0.3 is 0 Å². The molecule has 0 spiro atoms. The van der Waals surface area contributed by atoms with Gasteiger partial charge in [0.1, 0.15) is 17.5 Å². The molecule has 1 unspecified atom stereocenters. The highest BCUT2D eigenvalue weighted by atomic mass is 16.5. The molecule has 1 atom stereocenters. The molecule has 4 nitrogen and oxygen atoms in total. The topological polar surface area (TPSA) is 60.4 Å². The maximum atomic E-state index is 13.2. The zero-order chi connectivity index (χ0) is 19.6. The first-order valence-corrected chi connectivity index (χ1v) is 8.77. The van der Waals surface area contributed by atoms with Crippen LogP contribution in [0, 0.1) is 0 Å². The molecule has 0 fully saturated rings. The fourth-order valence-electron chi connectivity index (χ4n) is 3.39. The summed E-state index contributed by atoms with van der Waals surface area (Å²) in [7, 11) is 0. The van der Waals surface area contributed by atoms with Crippen molar-refractivity contribution in [1.82, 2.24) is 0 Å². The number of hydrogen-bond acceptors (Lipinski definition) is 4. The quantitative estimate of drug-likeness (QED) is 0.335. The fraction of sp³-hybridized carbons (Fsp3) is 0.174. The number of ketones is 3. The standard InChI is InChI=1S/C23H20O4/c1-4-19(25)16-11-12-17-18(13-16)21(22(26)20(17)14(3)24)23(27-5-2)15-9-7-6-8-10-15/h4,6-13,20H,1,5H2,2-3H3/b23-21-. The average molecular weight is 360 g/mol. The van der Waals surface area contributed by atoms with Crippen LogP contribution in [0.3, 0.4) is 0 Å². The predicted octanol–water partition coefficient (Wildman–Crippen LogP) is 4.22. The van der Waals surface area contributed by atoms with Gasteiger partial charge in [-0.05, 0) is 37.1 Å². The van der Waals surface area contributed by atoms with Gasteiger partial charge < -0.3 is 4.74 Å². The summed E-state index contributed by atoms with van der Waals surface area (Å²) in [6.45, 7) is 7.12. The third-order valence-corrected chi connectivity index (χ3v) is 4.57. The summed E-state index contributed by atoms with van der Waals surface area (Å²) in [4.78, 5) is 37.4. The maximum Gasteiger partial charge on any atom is 0.185 e. The highest BCUT2D eigenvalue weighted by Gasteiger charge is 2.40. The first kappa shape index (κ1) is 18.5. The smallest absolute Gasteiger partial charge is 0.185 e. The normalized spacial score (nSPS) is 17.3. The Morgan fingerprint density at radius 3 is 2.41 bits per heavy atom. The van der Waals surface area contributed by atoms with Crippen LogP contribution in [0.1, 0.15) is 46.8 Å². The number of carbonyl (C=O) groups excluding carboxylic acids is 3. The maximum absolute atomic E-state index is 13.2. The van der Waals surface area contributed by atoms with E-state index in [-0.39, 0.29) is 17.3 Å². The van der Waals surface area contributed by atoms with E-state index in [0.717, 1.165) is 5.56 Å². The van der Waals surface area contributed by atoms with Crippen molar-refractivity contribution in [2.45, 2.75) is 19.8 Å². The van der Waals surface area contributed by atoms with Crippen molar-refractivity contribution in [3.8, 4) is 0 Å². The number of Topliss-reactive ketones (excluding diaryl/α,β-unsaturated/α-hetero) is 2. The van der Waals surface area contributed by atoms with E-state index in [9.17, 15) is 14.4 Å². The summed E-state index contributed by atoms with van der Waals surface area (Å²) in [6, 6.07) is 14.2. The second-order valence-electron chi connectivity index (χ2n) is 6.28. The van der Waals surface area contributed by atoms with Gasteiger partial charge in [0.05, 0.1) is 12.2 Å². The molecule has 1 aliphatic rings. The number of ether oxygens (including phenoxy) is 1. The lowest BCUT2D eigenvalue weighted by molar-refractivity contribution is -0.124. The first-order chi connectivity index (χ1) is 13.0. The van der Waals surface area contributed by atoms with Gasteiger partial charge in [0, 0.05) is 11.1 Å². The molecule has 2 aromatic rings. The van der Waals surface area contributed by atoms with Crippen molar-refractivity contribution in [2.75, 3.05) is 6.61 Å². The Kier molecular flexibility index (Phi) is 5.17. The molecule has 0 heterocycles. The minimum Gasteiger partial charge on any atom is -0.492 e. The van der Waals surface area contributed by atoms with Crippen molar-refractivity contribution in [2.24, 2.45) is 0 Å². The number of allylic oxidation sites excluding steroid dienone is 2. The molecule has 3 rings (SSSR count). The van der Waals surface area contributed by atoms with Crippen LogP contribution in [0.15, 0.2) is 61.2 Å². The number of carbonyl (C=O) groups is 3. The Bertz CT molecular complexity index is 967. The molecule has 0 radical (unpaired) electrons. The molecule has 0 bridgehead atoms. The molecule has 136 valence electrons. The van der Waals surface area contributed by atoms with Crippen LogP contribution in [0.25, 0.3) is 11.3 Å². The van der Waals surface area contributed by atoms with E-state index in [1.807, 2.05) is 37.3 Å². The Balaban J connectivity index is 2.32. The minimum atomic E-state index is -0.873.